The SMILES string of the molecule is NN=Cc1cc(C(=O)O)ccc1Br. The van der Waals surface area contributed by atoms with E-state index in [1.807, 2.05) is 0 Å². The first-order valence-corrected chi connectivity index (χ1v) is 4.20. The average Bonchev–Trinajstić information content (AvgIpc) is 2.08. The molecule has 3 N–H and O–H groups in total. The maximum absolute atomic E-state index is 10.6. The first kappa shape index (κ1) is 9.73. The number of hydrazone groups is 1. The van der Waals surface area contributed by atoms with Gasteiger partial charge in [-0.15, -0.1) is 0 Å². The lowest BCUT2D eigenvalue weighted by molar-refractivity contribution is 0.0697. The van der Waals surface area contributed by atoms with Gasteiger partial charge in [-0.1, -0.05) is 15.9 Å². The molecule has 0 radical (unpaired) electrons. The molecule has 0 amide bonds. The molecule has 5 heteroatoms. The minimum Gasteiger partial charge on any atom is -0.478 e. The molecule has 1 aromatic rings. The van der Waals surface area contributed by atoms with Crippen LogP contribution in [0.4, 0.5) is 0 Å². The normalized spacial score (nSPS) is 10.5. The molecule has 0 aliphatic rings. The Balaban J connectivity index is 3.18. The minimum absolute atomic E-state index is 0.207. The van der Waals surface area contributed by atoms with Crippen LogP contribution in [0.2, 0.25) is 0 Å². The van der Waals surface area contributed by atoms with Crippen molar-refractivity contribution in [1.29, 1.82) is 0 Å². The summed E-state index contributed by atoms with van der Waals surface area (Å²) in [5, 5.41) is 12.0. The molecule has 0 aliphatic heterocycles. The van der Waals surface area contributed by atoms with Crippen LogP contribution in [0.5, 0.6) is 0 Å². The van der Waals surface area contributed by atoms with Crippen LogP contribution in [0.3, 0.4) is 0 Å². The summed E-state index contributed by atoms with van der Waals surface area (Å²) in [5.41, 5.74) is 0.848. The van der Waals surface area contributed by atoms with Crippen molar-refractivity contribution < 1.29 is 9.90 Å². The molecule has 0 aromatic heterocycles. The number of nitrogens with two attached hydrogens (primary N) is 1. The van der Waals surface area contributed by atoms with E-state index in [2.05, 4.69) is 21.0 Å². The van der Waals surface area contributed by atoms with Crippen LogP contribution in [0.25, 0.3) is 0 Å². The van der Waals surface area contributed by atoms with E-state index in [4.69, 9.17) is 10.9 Å². The van der Waals surface area contributed by atoms with Crippen molar-refractivity contribution in [3.8, 4) is 0 Å². The van der Waals surface area contributed by atoms with E-state index in [9.17, 15) is 4.79 Å². The fourth-order valence-corrected chi connectivity index (χ4v) is 1.21. The zero-order chi connectivity index (χ0) is 9.84. The second-order valence-corrected chi connectivity index (χ2v) is 3.17. The first-order valence-electron chi connectivity index (χ1n) is 3.41. The second-order valence-electron chi connectivity index (χ2n) is 2.32. The van der Waals surface area contributed by atoms with Gasteiger partial charge in [0.25, 0.3) is 0 Å². The van der Waals surface area contributed by atoms with Crippen LogP contribution in [0.1, 0.15) is 15.9 Å². The summed E-state index contributed by atoms with van der Waals surface area (Å²) in [6.45, 7) is 0. The fourth-order valence-electron chi connectivity index (χ4n) is 0.856. The number of carbonyl (C=O) groups is 1. The Bertz CT molecular complexity index is 363. The van der Waals surface area contributed by atoms with Crippen LogP contribution in [-0.4, -0.2) is 17.3 Å². The minimum atomic E-state index is -0.973. The number of rotatable bonds is 2. The topological polar surface area (TPSA) is 75.7 Å². The lowest BCUT2D eigenvalue weighted by Gasteiger charge is -1.99. The van der Waals surface area contributed by atoms with Gasteiger partial charge in [0.1, 0.15) is 0 Å². The third kappa shape index (κ3) is 2.29. The van der Waals surface area contributed by atoms with E-state index in [0.29, 0.717) is 5.56 Å². The van der Waals surface area contributed by atoms with Crippen molar-refractivity contribution in [1.82, 2.24) is 0 Å². The van der Waals surface area contributed by atoms with Crippen LogP contribution in [-0.2, 0) is 0 Å². The summed E-state index contributed by atoms with van der Waals surface area (Å²) in [4.78, 5) is 10.6. The number of hydrogen-bond acceptors (Lipinski definition) is 3. The molecule has 1 rings (SSSR count). The van der Waals surface area contributed by atoms with E-state index in [1.54, 1.807) is 6.07 Å². The Morgan fingerprint density at radius 1 is 1.62 bits per heavy atom. The predicted molar refractivity (Wildman–Crippen MR) is 52.9 cm³/mol. The number of carboxylic acids is 1. The lowest BCUT2D eigenvalue weighted by Crippen LogP contribution is -1.98. The molecule has 0 bridgehead atoms. The number of nitrogens with zero attached hydrogens (tertiary/aromatic N) is 1. The van der Waals surface area contributed by atoms with Crippen molar-refractivity contribution in [3.63, 3.8) is 0 Å². The second kappa shape index (κ2) is 4.04. The Hall–Kier alpha value is -1.36. The highest BCUT2D eigenvalue weighted by Gasteiger charge is 2.04. The lowest BCUT2D eigenvalue weighted by atomic mass is 10.1. The van der Waals surface area contributed by atoms with Gasteiger partial charge in [0.05, 0.1) is 11.8 Å². The van der Waals surface area contributed by atoms with Crippen molar-refractivity contribution in [2.24, 2.45) is 10.9 Å². The standard InChI is InChI=1S/C8H7BrN2O2/c9-7-2-1-5(8(12)13)3-6(7)4-11-10/h1-4H,10H2,(H,12,13). The highest BCUT2D eigenvalue weighted by molar-refractivity contribution is 9.10. The van der Waals surface area contributed by atoms with E-state index in [-0.39, 0.29) is 5.56 Å². The zero-order valence-corrected chi connectivity index (χ0v) is 8.15. The number of aromatic carboxylic acids is 1. The van der Waals surface area contributed by atoms with E-state index >= 15 is 0 Å². The molecule has 0 unspecified atom stereocenters. The van der Waals surface area contributed by atoms with Gasteiger partial charge in [-0.2, -0.15) is 5.10 Å². The largest absolute Gasteiger partial charge is 0.478 e. The predicted octanol–water partition coefficient (Wildman–Crippen LogP) is 1.44. The van der Waals surface area contributed by atoms with Gasteiger partial charge < -0.3 is 10.9 Å². The number of carboxylic acid groups (broad SMARTS) is 1. The summed E-state index contributed by atoms with van der Waals surface area (Å²) in [7, 11) is 0. The van der Waals surface area contributed by atoms with Crippen LogP contribution in [0, 0.1) is 0 Å². The summed E-state index contributed by atoms with van der Waals surface area (Å²) >= 11 is 3.24. The quantitative estimate of drug-likeness (QED) is 0.468. The third-order valence-corrected chi connectivity index (χ3v) is 2.18. The number of hydrogen-bond donors (Lipinski definition) is 2. The first-order chi connectivity index (χ1) is 6.15. The summed E-state index contributed by atoms with van der Waals surface area (Å²) in [5.74, 6) is 3.98. The molecule has 13 heavy (non-hydrogen) atoms. The van der Waals surface area contributed by atoms with Crippen LogP contribution < -0.4 is 5.84 Å². The molecule has 0 aliphatic carbocycles. The summed E-state index contributed by atoms with van der Waals surface area (Å²) < 4.78 is 0.756. The van der Waals surface area contributed by atoms with Gasteiger partial charge >= 0.3 is 5.97 Å². The highest BCUT2D eigenvalue weighted by Crippen LogP contribution is 2.16. The fraction of sp³-hybridized carbons (Fsp3) is 0. The Morgan fingerprint density at radius 3 is 2.85 bits per heavy atom. The zero-order valence-electron chi connectivity index (χ0n) is 6.57. The van der Waals surface area contributed by atoms with Gasteiger partial charge in [-0.05, 0) is 18.2 Å². The van der Waals surface area contributed by atoms with Crippen LogP contribution in [0.15, 0.2) is 27.8 Å². The van der Waals surface area contributed by atoms with Gasteiger partial charge in [0.2, 0.25) is 0 Å². The van der Waals surface area contributed by atoms with Gasteiger partial charge in [-0.3, -0.25) is 0 Å². The van der Waals surface area contributed by atoms with Crippen molar-refractivity contribution >= 4 is 28.1 Å². The van der Waals surface area contributed by atoms with Crippen molar-refractivity contribution in [3.05, 3.63) is 33.8 Å². The van der Waals surface area contributed by atoms with E-state index in [0.717, 1.165) is 4.47 Å². The molecule has 0 atom stereocenters. The molecular weight excluding hydrogens is 236 g/mol. The molecule has 0 heterocycles. The molecule has 0 spiro atoms. The molecule has 0 saturated carbocycles. The maximum atomic E-state index is 10.6. The van der Waals surface area contributed by atoms with Gasteiger partial charge in [0.15, 0.2) is 0 Å². The Kier molecular flexibility index (Phi) is 3.02. The average molecular weight is 243 g/mol. The Labute approximate surface area is 83.2 Å². The van der Waals surface area contributed by atoms with E-state index in [1.165, 1.54) is 18.3 Å². The highest BCUT2D eigenvalue weighted by atomic mass is 79.9. The monoisotopic (exact) mass is 242 g/mol. The molecule has 68 valence electrons. The van der Waals surface area contributed by atoms with Crippen LogP contribution >= 0.6 is 15.9 Å². The Morgan fingerprint density at radius 2 is 2.31 bits per heavy atom. The van der Waals surface area contributed by atoms with Gasteiger partial charge in [-0.25, -0.2) is 4.79 Å². The van der Waals surface area contributed by atoms with Gasteiger partial charge in [0, 0.05) is 10.0 Å². The maximum Gasteiger partial charge on any atom is 0.335 e. The smallest absolute Gasteiger partial charge is 0.335 e. The molecule has 0 saturated heterocycles. The molecule has 1 aromatic carbocycles. The van der Waals surface area contributed by atoms with Crippen molar-refractivity contribution in [2.75, 3.05) is 0 Å². The third-order valence-electron chi connectivity index (χ3n) is 1.46. The van der Waals surface area contributed by atoms with E-state index < -0.39 is 5.97 Å². The molecule has 0 fully saturated rings. The summed E-state index contributed by atoms with van der Waals surface area (Å²) in [6.07, 6.45) is 1.39. The van der Waals surface area contributed by atoms with Crippen molar-refractivity contribution in [2.45, 2.75) is 0 Å². The molecule has 4 nitrogen and oxygen atoms in total. The molecular formula is C8H7BrN2O2. The summed E-state index contributed by atoms with van der Waals surface area (Å²) in [6, 6.07) is 4.63. The number of halogens is 1. The number of benzene rings is 1.